The summed E-state index contributed by atoms with van der Waals surface area (Å²) in [6.45, 7) is 6.17. The van der Waals surface area contributed by atoms with Crippen molar-refractivity contribution in [3.05, 3.63) is 29.3 Å². The molecule has 2 unspecified atom stereocenters. The lowest BCUT2D eigenvalue weighted by Crippen LogP contribution is -2.31. The van der Waals surface area contributed by atoms with Crippen LogP contribution in [0.2, 0.25) is 0 Å². The van der Waals surface area contributed by atoms with Gasteiger partial charge in [-0.1, -0.05) is 18.2 Å². The fourth-order valence-electron chi connectivity index (χ4n) is 3.52. The fraction of sp³-hybridized carbons (Fsp3) is 0.647. The van der Waals surface area contributed by atoms with Crippen molar-refractivity contribution in [3.8, 4) is 5.75 Å². The lowest BCUT2D eigenvalue weighted by atomic mass is 9.88. The Morgan fingerprint density at radius 3 is 3.00 bits per heavy atom. The first-order valence-corrected chi connectivity index (χ1v) is 7.68. The Labute approximate surface area is 121 Å². The van der Waals surface area contributed by atoms with Crippen LogP contribution in [0, 0.1) is 5.92 Å². The monoisotopic (exact) mass is 275 g/mol. The van der Waals surface area contributed by atoms with Gasteiger partial charge in [-0.3, -0.25) is 0 Å². The fourth-order valence-corrected chi connectivity index (χ4v) is 3.52. The number of fused-ring (bicyclic) bond motifs is 1. The van der Waals surface area contributed by atoms with Gasteiger partial charge in [0.05, 0.1) is 6.10 Å². The molecule has 20 heavy (non-hydrogen) atoms. The largest absolute Gasteiger partial charge is 0.487 e. The SMILES string of the molecule is CNCC1CCCOC1c1cccc2c1OC(C)(C)C2. The molecule has 0 spiro atoms. The summed E-state index contributed by atoms with van der Waals surface area (Å²) in [6.07, 6.45) is 3.53. The van der Waals surface area contributed by atoms with Crippen LogP contribution in [-0.2, 0) is 11.2 Å². The molecule has 3 heteroatoms. The zero-order valence-corrected chi connectivity index (χ0v) is 12.7. The third kappa shape index (κ3) is 2.57. The first kappa shape index (κ1) is 13.9. The van der Waals surface area contributed by atoms with E-state index in [0.29, 0.717) is 5.92 Å². The van der Waals surface area contributed by atoms with Crippen molar-refractivity contribution in [2.45, 2.75) is 44.8 Å². The Hall–Kier alpha value is -1.06. The van der Waals surface area contributed by atoms with E-state index in [1.54, 1.807) is 0 Å². The van der Waals surface area contributed by atoms with Gasteiger partial charge in [0.25, 0.3) is 0 Å². The van der Waals surface area contributed by atoms with Gasteiger partial charge in [0.15, 0.2) is 0 Å². The van der Waals surface area contributed by atoms with E-state index in [4.69, 9.17) is 9.47 Å². The van der Waals surface area contributed by atoms with Crippen molar-refractivity contribution < 1.29 is 9.47 Å². The van der Waals surface area contributed by atoms with Crippen LogP contribution in [-0.4, -0.2) is 25.8 Å². The lowest BCUT2D eigenvalue weighted by Gasteiger charge is -2.33. The molecule has 1 aromatic rings. The second-order valence-corrected chi connectivity index (χ2v) is 6.63. The van der Waals surface area contributed by atoms with Crippen molar-refractivity contribution in [3.63, 3.8) is 0 Å². The number of hydrogen-bond donors (Lipinski definition) is 1. The third-order valence-electron chi connectivity index (χ3n) is 4.34. The molecule has 2 aliphatic heterocycles. The van der Waals surface area contributed by atoms with E-state index in [2.05, 4.69) is 37.4 Å². The summed E-state index contributed by atoms with van der Waals surface area (Å²) in [7, 11) is 2.01. The standard InChI is InChI=1S/C17H25NO2/c1-17(2)10-12-6-4-8-14(16(12)20-17)15-13(11-18-3)7-5-9-19-15/h4,6,8,13,15,18H,5,7,9-11H2,1-3H3. The summed E-state index contributed by atoms with van der Waals surface area (Å²) in [5.74, 6) is 1.61. The van der Waals surface area contributed by atoms with E-state index in [9.17, 15) is 0 Å². The molecule has 0 radical (unpaired) electrons. The van der Waals surface area contributed by atoms with E-state index < -0.39 is 0 Å². The molecule has 1 fully saturated rings. The molecule has 2 aliphatic rings. The predicted molar refractivity (Wildman–Crippen MR) is 80.2 cm³/mol. The van der Waals surface area contributed by atoms with Crippen molar-refractivity contribution in [1.29, 1.82) is 0 Å². The molecular formula is C17H25NO2. The van der Waals surface area contributed by atoms with Gasteiger partial charge in [0, 0.05) is 31.1 Å². The highest BCUT2D eigenvalue weighted by atomic mass is 16.5. The van der Waals surface area contributed by atoms with Gasteiger partial charge in [-0.05, 0) is 39.3 Å². The second-order valence-electron chi connectivity index (χ2n) is 6.63. The summed E-state index contributed by atoms with van der Waals surface area (Å²) < 4.78 is 12.3. The van der Waals surface area contributed by atoms with Crippen molar-refractivity contribution in [1.82, 2.24) is 5.32 Å². The van der Waals surface area contributed by atoms with Gasteiger partial charge in [-0.2, -0.15) is 0 Å². The molecule has 1 aromatic carbocycles. The average Bonchev–Trinajstić information content (AvgIpc) is 2.73. The Bertz CT molecular complexity index is 482. The smallest absolute Gasteiger partial charge is 0.129 e. The first-order valence-electron chi connectivity index (χ1n) is 7.68. The highest BCUT2D eigenvalue weighted by Gasteiger charge is 2.36. The van der Waals surface area contributed by atoms with Crippen LogP contribution < -0.4 is 10.1 Å². The maximum absolute atomic E-state index is 6.20. The molecule has 2 atom stereocenters. The molecule has 3 rings (SSSR count). The summed E-state index contributed by atoms with van der Waals surface area (Å²) >= 11 is 0. The first-order chi connectivity index (χ1) is 9.61. The molecule has 2 heterocycles. The molecule has 1 saturated heterocycles. The van der Waals surface area contributed by atoms with Crippen molar-refractivity contribution >= 4 is 0 Å². The van der Waals surface area contributed by atoms with E-state index in [1.165, 1.54) is 17.5 Å². The molecule has 3 nitrogen and oxygen atoms in total. The molecule has 110 valence electrons. The third-order valence-corrected chi connectivity index (χ3v) is 4.34. The van der Waals surface area contributed by atoms with Gasteiger partial charge in [-0.25, -0.2) is 0 Å². The minimum atomic E-state index is -0.0917. The highest BCUT2D eigenvalue weighted by Crippen LogP contribution is 2.44. The van der Waals surface area contributed by atoms with Gasteiger partial charge in [-0.15, -0.1) is 0 Å². The maximum atomic E-state index is 6.20. The van der Waals surface area contributed by atoms with E-state index in [0.717, 1.165) is 31.7 Å². The van der Waals surface area contributed by atoms with E-state index >= 15 is 0 Å². The number of hydrogen-bond acceptors (Lipinski definition) is 3. The van der Waals surface area contributed by atoms with Crippen LogP contribution in [0.1, 0.15) is 43.9 Å². The zero-order chi connectivity index (χ0) is 14.2. The van der Waals surface area contributed by atoms with Crippen LogP contribution in [0.5, 0.6) is 5.75 Å². The topological polar surface area (TPSA) is 30.5 Å². The van der Waals surface area contributed by atoms with Crippen LogP contribution >= 0.6 is 0 Å². The summed E-state index contributed by atoms with van der Waals surface area (Å²) in [5, 5.41) is 3.30. The van der Waals surface area contributed by atoms with Crippen LogP contribution in [0.3, 0.4) is 0 Å². The molecule has 1 N–H and O–H groups in total. The lowest BCUT2D eigenvalue weighted by molar-refractivity contribution is -0.0293. The number of benzene rings is 1. The van der Waals surface area contributed by atoms with E-state index in [1.807, 2.05) is 7.05 Å². The Balaban J connectivity index is 1.92. The molecule has 0 amide bonds. The molecule has 0 aromatic heterocycles. The number of nitrogens with one attached hydrogen (secondary N) is 1. The number of rotatable bonds is 3. The zero-order valence-electron chi connectivity index (χ0n) is 12.7. The van der Waals surface area contributed by atoms with Crippen molar-refractivity contribution in [2.24, 2.45) is 5.92 Å². The maximum Gasteiger partial charge on any atom is 0.129 e. The quantitative estimate of drug-likeness (QED) is 0.919. The minimum Gasteiger partial charge on any atom is -0.487 e. The van der Waals surface area contributed by atoms with Crippen molar-refractivity contribution in [2.75, 3.05) is 20.2 Å². The van der Waals surface area contributed by atoms with Crippen LogP contribution in [0.15, 0.2) is 18.2 Å². The molecule has 0 aliphatic carbocycles. The Morgan fingerprint density at radius 2 is 2.20 bits per heavy atom. The average molecular weight is 275 g/mol. The minimum absolute atomic E-state index is 0.0917. The molecule has 0 bridgehead atoms. The summed E-state index contributed by atoms with van der Waals surface area (Å²) in [4.78, 5) is 0. The molecular weight excluding hydrogens is 250 g/mol. The van der Waals surface area contributed by atoms with Gasteiger partial charge in [0.1, 0.15) is 11.4 Å². The van der Waals surface area contributed by atoms with E-state index in [-0.39, 0.29) is 11.7 Å². The highest BCUT2D eigenvalue weighted by molar-refractivity contribution is 5.47. The van der Waals surface area contributed by atoms with Gasteiger partial charge >= 0.3 is 0 Å². The Kier molecular flexibility index (Phi) is 3.74. The predicted octanol–water partition coefficient (Wildman–Crippen LogP) is 3.09. The normalized spacial score (nSPS) is 27.9. The van der Waals surface area contributed by atoms with Crippen LogP contribution in [0.25, 0.3) is 0 Å². The number of ether oxygens (including phenoxy) is 2. The summed E-state index contributed by atoms with van der Waals surface area (Å²) in [6, 6.07) is 6.51. The van der Waals surface area contributed by atoms with Gasteiger partial charge < -0.3 is 14.8 Å². The van der Waals surface area contributed by atoms with Crippen LogP contribution in [0.4, 0.5) is 0 Å². The Morgan fingerprint density at radius 1 is 1.35 bits per heavy atom. The molecule has 0 saturated carbocycles. The number of para-hydroxylation sites is 1. The summed E-state index contributed by atoms with van der Waals surface area (Å²) in [5.41, 5.74) is 2.48. The van der Waals surface area contributed by atoms with Gasteiger partial charge in [0.2, 0.25) is 0 Å². The second kappa shape index (κ2) is 5.38.